The quantitative estimate of drug-likeness (QED) is 0.562. The van der Waals surface area contributed by atoms with E-state index in [1.54, 1.807) is 13.0 Å². The number of hydrazine groups is 1. The Bertz CT molecular complexity index is 342. The van der Waals surface area contributed by atoms with Crippen LogP contribution in [-0.2, 0) is 9.47 Å². The third kappa shape index (κ3) is 1.64. The van der Waals surface area contributed by atoms with Gasteiger partial charge in [0.15, 0.2) is 23.6 Å². The van der Waals surface area contributed by atoms with Crippen molar-refractivity contribution in [2.24, 2.45) is 5.84 Å². The maximum atomic E-state index is 5.68. The molecule has 1 aromatic heterocycles. The molecule has 1 aliphatic heterocycles. The fraction of sp³-hybridized carbons (Fsp3) is 0.429. The summed E-state index contributed by atoms with van der Waals surface area (Å²) >= 11 is 5.68. The highest BCUT2D eigenvalue weighted by Gasteiger charge is 2.31. The first kappa shape index (κ1) is 9.60. The van der Waals surface area contributed by atoms with Crippen LogP contribution in [-0.4, -0.2) is 16.5 Å². The highest BCUT2D eigenvalue weighted by Crippen LogP contribution is 2.34. The van der Waals surface area contributed by atoms with E-state index >= 15 is 0 Å². The van der Waals surface area contributed by atoms with Gasteiger partial charge in [-0.25, -0.2) is 5.84 Å². The fourth-order valence-electron chi connectivity index (χ4n) is 1.18. The first-order chi connectivity index (χ1) is 6.70. The Hall–Kier alpha value is -0.950. The summed E-state index contributed by atoms with van der Waals surface area (Å²) in [7, 11) is 0. The maximum Gasteiger partial charge on any atom is 0.193 e. The lowest BCUT2D eigenvalue weighted by molar-refractivity contribution is -0.382. The minimum Gasteiger partial charge on any atom is -0.319 e. The van der Waals surface area contributed by atoms with Crippen molar-refractivity contribution in [1.29, 1.82) is 0 Å². The van der Waals surface area contributed by atoms with Gasteiger partial charge >= 0.3 is 0 Å². The molecular formula is C7H9ClN4O2. The lowest BCUT2D eigenvalue weighted by Crippen LogP contribution is -2.32. The van der Waals surface area contributed by atoms with Crippen LogP contribution >= 0.6 is 11.6 Å². The normalized spacial score (nSPS) is 25.6. The third-order valence-electron chi connectivity index (χ3n) is 1.81. The molecule has 1 fully saturated rings. The number of nitrogens with one attached hydrogen (secondary N) is 1. The Labute approximate surface area is 85.3 Å². The van der Waals surface area contributed by atoms with E-state index in [1.807, 2.05) is 0 Å². The van der Waals surface area contributed by atoms with Gasteiger partial charge in [-0.05, 0) is 13.0 Å². The van der Waals surface area contributed by atoms with Crippen molar-refractivity contribution in [3.05, 3.63) is 16.8 Å². The molecule has 1 saturated heterocycles. The molecule has 6 nitrogen and oxygen atoms in total. The zero-order valence-corrected chi connectivity index (χ0v) is 8.15. The molecule has 14 heavy (non-hydrogen) atoms. The number of halogens is 1. The van der Waals surface area contributed by atoms with Crippen LogP contribution in [0.15, 0.2) is 6.07 Å². The van der Waals surface area contributed by atoms with Crippen molar-refractivity contribution in [2.75, 3.05) is 5.43 Å². The van der Waals surface area contributed by atoms with E-state index in [-0.39, 0.29) is 11.4 Å². The number of nitrogen functional groups attached to an aromatic ring is 1. The van der Waals surface area contributed by atoms with Gasteiger partial charge in [0.05, 0.1) is 5.56 Å². The van der Waals surface area contributed by atoms with Crippen LogP contribution in [0.3, 0.4) is 0 Å². The van der Waals surface area contributed by atoms with Crippen molar-refractivity contribution < 1.29 is 9.47 Å². The monoisotopic (exact) mass is 216 g/mol. The molecule has 3 N–H and O–H groups in total. The highest BCUT2D eigenvalue weighted by atomic mass is 35.5. The SMILES string of the molecule is CC1OC(c2cc(Cl)nnc2NN)O1. The molecule has 0 radical (unpaired) electrons. The van der Waals surface area contributed by atoms with Gasteiger partial charge in [-0.15, -0.1) is 10.2 Å². The van der Waals surface area contributed by atoms with E-state index in [1.165, 1.54) is 0 Å². The number of nitrogens with two attached hydrogens (primary N) is 1. The van der Waals surface area contributed by atoms with Gasteiger partial charge in [-0.2, -0.15) is 0 Å². The molecule has 1 aromatic rings. The number of anilines is 1. The van der Waals surface area contributed by atoms with Gasteiger partial charge in [0, 0.05) is 0 Å². The van der Waals surface area contributed by atoms with Crippen LogP contribution in [0.1, 0.15) is 18.8 Å². The van der Waals surface area contributed by atoms with Gasteiger partial charge in [0.25, 0.3) is 0 Å². The highest BCUT2D eigenvalue weighted by molar-refractivity contribution is 6.29. The zero-order valence-electron chi connectivity index (χ0n) is 7.40. The van der Waals surface area contributed by atoms with Crippen molar-refractivity contribution >= 4 is 17.4 Å². The molecule has 0 aromatic carbocycles. The summed E-state index contributed by atoms with van der Waals surface area (Å²) in [6, 6.07) is 1.60. The van der Waals surface area contributed by atoms with Crippen LogP contribution < -0.4 is 11.3 Å². The average molecular weight is 217 g/mol. The molecule has 0 atom stereocenters. The van der Waals surface area contributed by atoms with Crippen LogP contribution in [0.5, 0.6) is 0 Å². The smallest absolute Gasteiger partial charge is 0.193 e. The lowest BCUT2D eigenvalue weighted by Gasteiger charge is -2.34. The molecule has 0 bridgehead atoms. The number of hydrogen-bond donors (Lipinski definition) is 2. The molecule has 0 saturated carbocycles. The molecule has 2 heterocycles. The Morgan fingerprint density at radius 2 is 2.21 bits per heavy atom. The number of aromatic nitrogens is 2. The van der Waals surface area contributed by atoms with Crippen molar-refractivity contribution in [3.63, 3.8) is 0 Å². The average Bonchev–Trinajstić information content (AvgIpc) is 2.13. The second-order valence-electron chi connectivity index (χ2n) is 2.79. The Morgan fingerprint density at radius 1 is 1.50 bits per heavy atom. The lowest BCUT2D eigenvalue weighted by atomic mass is 10.2. The first-order valence-electron chi connectivity index (χ1n) is 4.01. The standard InChI is InChI=1S/C7H9ClN4O2/c1-3-13-7(14-3)4-2-5(8)11-12-6(4)10-9/h2-3,7H,9H2,1H3,(H,10,12). The van der Waals surface area contributed by atoms with E-state index in [2.05, 4.69) is 15.6 Å². The van der Waals surface area contributed by atoms with E-state index in [0.717, 1.165) is 0 Å². The van der Waals surface area contributed by atoms with Crippen molar-refractivity contribution in [1.82, 2.24) is 10.2 Å². The fourth-order valence-corrected chi connectivity index (χ4v) is 1.33. The summed E-state index contributed by atoms with van der Waals surface area (Å²) < 4.78 is 10.6. The Morgan fingerprint density at radius 3 is 2.79 bits per heavy atom. The van der Waals surface area contributed by atoms with Gasteiger partial charge in [0.2, 0.25) is 0 Å². The van der Waals surface area contributed by atoms with E-state index < -0.39 is 6.29 Å². The van der Waals surface area contributed by atoms with E-state index in [0.29, 0.717) is 11.4 Å². The molecule has 0 amide bonds. The predicted molar refractivity (Wildman–Crippen MR) is 49.2 cm³/mol. The summed E-state index contributed by atoms with van der Waals surface area (Å²) in [4.78, 5) is 0. The maximum absolute atomic E-state index is 5.68. The number of rotatable bonds is 2. The molecule has 7 heteroatoms. The molecular weight excluding hydrogens is 208 g/mol. The molecule has 2 rings (SSSR count). The minimum atomic E-state index is -0.468. The van der Waals surface area contributed by atoms with E-state index in [9.17, 15) is 0 Å². The summed E-state index contributed by atoms with van der Waals surface area (Å²) in [5.41, 5.74) is 3.04. The van der Waals surface area contributed by atoms with Crippen LogP contribution in [0, 0.1) is 0 Å². The third-order valence-corrected chi connectivity index (χ3v) is 2.00. The molecule has 0 aliphatic carbocycles. The molecule has 0 unspecified atom stereocenters. The van der Waals surface area contributed by atoms with E-state index in [4.69, 9.17) is 26.9 Å². The zero-order chi connectivity index (χ0) is 10.1. The Kier molecular flexibility index (Phi) is 2.51. The summed E-state index contributed by atoms with van der Waals surface area (Å²) in [5.74, 6) is 5.64. The second-order valence-corrected chi connectivity index (χ2v) is 3.17. The van der Waals surface area contributed by atoms with Gasteiger partial charge < -0.3 is 14.9 Å². The second kappa shape index (κ2) is 3.66. The van der Waals surface area contributed by atoms with Gasteiger partial charge in [-0.3, -0.25) is 0 Å². The minimum absolute atomic E-state index is 0.211. The topological polar surface area (TPSA) is 82.3 Å². The van der Waals surface area contributed by atoms with Crippen LogP contribution in [0.25, 0.3) is 0 Å². The number of hydrogen-bond acceptors (Lipinski definition) is 6. The summed E-state index contributed by atoms with van der Waals surface area (Å²) in [5, 5.41) is 7.65. The Balaban J connectivity index is 2.26. The molecule has 1 aliphatic rings. The number of ether oxygens (including phenoxy) is 2. The predicted octanol–water partition coefficient (Wildman–Crippen LogP) is 0.807. The first-order valence-corrected chi connectivity index (χ1v) is 4.39. The van der Waals surface area contributed by atoms with Gasteiger partial charge in [-0.1, -0.05) is 11.6 Å². The van der Waals surface area contributed by atoms with Crippen molar-refractivity contribution in [2.45, 2.75) is 19.5 Å². The molecule has 0 spiro atoms. The summed E-state index contributed by atoms with van der Waals surface area (Å²) in [6.45, 7) is 1.79. The molecule has 76 valence electrons. The van der Waals surface area contributed by atoms with Crippen molar-refractivity contribution in [3.8, 4) is 0 Å². The number of nitrogens with zero attached hydrogens (tertiary/aromatic N) is 2. The summed E-state index contributed by atoms with van der Waals surface area (Å²) in [6.07, 6.45) is -0.679. The largest absolute Gasteiger partial charge is 0.319 e. The van der Waals surface area contributed by atoms with Gasteiger partial charge in [0.1, 0.15) is 0 Å². The van der Waals surface area contributed by atoms with Crippen LogP contribution in [0.2, 0.25) is 5.15 Å². The van der Waals surface area contributed by atoms with Crippen LogP contribution in [0.4, 0.5) is 5.82 Å².